The number of benzene rings is 1. The van der Waals surface area contributed by atoms with Crippen molar-refractivity contribution in [3.8, 4) is 6.07 Å². The Hall–Kier alpha value is -2.77. The Balaban J connectivity index is 2.14. The zero-order chi connectivity index (χ0) is 16.1. The van der Waals surface area contributed by atoms with Gasteiger partial charge in [-0.05, 0) is 12.5 Å². The van der Waals surface area contributed by atoms with Crippen LogP contribution in [0.1, 0.15) is 17.3 Å². The summed E-state index contributed by atoms with van der Waals surface area (Å²) in [5, 5.41) is 28.0. The van der Waals surface area contributed by atoms with E-state index < -0.39 is 11.3 Å². The maximum Gasteiger partial charge on any atom is 0.252 e. The first-order chi connectivity index (χ1) is 10.5. The maximum absolute atomic E-state index is 11.3. The largest absolute Gasteiger partial charge is 0.595 e. The highest BCUT2D eigenvalue weighted by Crippen LogP contribution is 2.15. The van der Waals surface area contributed by atoms with Crippen LogP contribution < -0.4 is 21.6 Å². The molecule has 0 aliphatic heterocycles. The Bertz CT molecular complexity index is 752. The van der Waals surface area contributed by atoms with Crippen molar-refractivity contribution in [2.45, 2.75) is 13.0 Å². The molecule has 0 aliphatic carbocycles. The molecule has 0 saturated heterocycles. The van der Waals surface area contributed by atoms with Crippen molar-refractivity contribution < 1.29 is 10.4 Å². The Kier molecular flexibility index (Phi) is 4.82. The molecule has 22 heavy (non-hydrogen) atoms. The molecule has 9 nitrogen and oxygen atoms in total. The number of hydrazine groups is 1. The van der Waals surface area contributed by atoms with Crippen LogP contribution in [0.5, 0.6) is 0 Å². The van der Waals surface area contributed by atoms with Crippen molar-refractivity contribution >= 4 is 11.6 Å². The van der Waals surface area contributed by atoms with E-state index in [9.17, 15) is 15.3 Å². The van der Waals surface area contributed by atoms with E-state index >= 15 is 0 Å². The molecule has 1 aromatic heterocycles. The quantitative estimate of drug-likeness (QED) is 0.476. The van der Waals surface area contributed by atoms with E-state index in [0.29, 0.717) is 11.3 Å². The van der Waals surface area contributed by atoms with Crippen LogP contribution >= 0.6 is 0 Å². The molecule has 5 N–H and O–H groups in total. The summed E-state index contributed by atoms with van der Waals surface area (Å²) in [6.45, 7) is 1.67. The second-order valence-corrected chi connectivity index (χ2v) is 4.50. The van der Waals surface area contributed by atoms with Crippen LogP contribution in [0, 0.1) is 23.5 Å². The molecule has 2 unspecified atom stereocenters. The average molecular weight is 302 g/mol. The Morgan fingerprint density at radius 3 is 2.91 bits per heavy atom. The molecule has 0 aliphatic rings. The fraction of sp³-hybridized carbons (Fsp3) is 0.154. The van der Waals surface area contributed by atoms with Crippen LogP contribution in [0.15, 0.2) is 35.1 Å². The van der Waals surface area contributed by atoms with E-state index in [1.165, 1.54) is 18.2 Å². The predicted octanol–water partition coefficient (Wildman–Crippen LogP) is -0.337. The van der Waals surface area contributed by atoms with Crippen LogP contribution in [0.3, 0.4) is 0 Å². The SMILES string of the molecule is Cc1cc(=O)[nH]c(NNC(C#N)c2cccc([NH+]([O-])O)c2)n1. The van der Waals surface area contributed by atoms with E-state index in [1.807, 2.05) is 6.07 Å². The van der Waals surface area contributed by atoms with Gasteiger partial charge >= 0.3 is 0 Å². The number of aromatic nitrogens is 2. The number of hydrogen-bond donors (Lipinski definition) is 5. The van der Waals surface area contributed by atoms with Gasteiger partial charge in [0.25, 0.3) is 5.56 Å². The lowest BCUT2D eigenvalue weighted by Crippen LogP contribution is -2.99. The summed E-state index contributed by atoms with van der Waals surface area (Å²) >= 11 is 0. The Morgan fingerprint density at radius 1 is 1.50 bits per heavy atom. The highest BCUT2D eigenvalue weighted by atomic mass is 16.8. The molecule has 0 bridgehead atoms. The lowest BCUT2D eigenvalue weighted by atomic mass is 10.1. The molecule has 2 aromatic rings. The summed E-state index contributed by atoms with van der Waals surface area (Å²) in [7, 11) is 0. The van der Waals surface area contributed by atoms with Gasteiger partial charge in [0, 0.05) is 23.9 Å². The van der Waals surface area contributed by atoms with Crippen molar-refractivity contribution in [1.29, 1.82) is 5.26 Å². The first kappa shape index (κ1) is 15.6. The minimum Gasteiger partial charge on any atom is -0.595 e. The first-order valence-electron chi connectivity index (χ1n) is 6.32. The van der Waals surface area contributed by atoms with E-state index in [0.717, 1.165) is 0 Å². The summed E-state index contributed by atoms with van der Waals surface area (Å²) in [6.07, 6.45) is 0. The monoisotopic (exact) mass is 302 g/mol. The number of aryl methyl sites for hydroxylation is 1. The second-order valence-electron chi connectivity index (χ2n) is 4.50. The summed E-state index contributed by atoms with van der Waals surface area (Å²) in [5.41, 5.74) is 6.09. The summed E-state index contributed by atoms with van der Waals surface area (Å²) in [6, 6.07) is 8.54. The van der Waals surface area contributed by atoms with E-state index in [1.54, 1.807) is 19.1 Å². The summed E-state index contributed by atoms with van der Waals surface area (Å²) in [5.74, 6) is 0.166. The third-order valence-electron chi connectivity index (χ3n) is 2.80. The molecule has 0 radical (unpaired) electrons. The zero-order valence-corrected chi connectivity index (χ0v) is 11.6. The summed E-state index contributed by atoms with van der Waals surface area (Å²) < 4.78 is 0. The van der Waals surface area contributed by atoms with Gasteiger partial charge in [-0.25, -0.2) is 15.6 Å². The number of nitrogens with one attached hydrogen (secondary N) is 4. The van der Waals surface area contributed by atoms with E-state index in [4.69, 9.17) is 5.21 Å². The number of nitrogens with zero attached hydrogens (tertiary/aromatic N) is 2. The highest BCUT2D eigenvalue weighted by molar-refractivity contribution is 5.37. The van der Waals surface area contributed by atoms with Crippen molar-refractivity contribution in [2.75, 3.05) is 5.43 Å². The smallest absolute Gasteiger partial charge is 0.252 e. The van der Waals surface area contributed by atoms with Crippen LogP contribution in [0.4, 0.5) is 11.6 Å². The van der Waals surface area contributed by atoms with E-state index in [-0.39, 0.29) is 17.2 Å². The van der Waals surface area contributed by atoms with Crippen LogP contribution in [-0.4, -0.2) is 15.2 Å². The molecule has 0 amide bonds. The fourth-order valence-corrected chi connectivity index (χ4v) is 1.82. The molecule has 0 spiro atoms. The molecule has 114 valence electrons. The van der Waals surface area contributed by atoms with Gasteiger partial charge in [-0.3, -0.25) is 15.2 Å². The molecule has 2 atom stereocenters. The van der Waals surface area contributed by atoms with Crippen LogP contribution in [-0.2, 0) is 0 Å². The van der Waals surface area contributed by atoms with Gasteiger partial charge in [-0.1, -0.05) is 12.1 Å². The second kappa shape index (κ2) is 6.79. The number of hydrogen-bond acceptors (Lipinski definition) is 7. The lowest BCUT2D eigenvalue weighted by molar-refractivity contribution is -0.991. The standard InChI is InChI=1S/C13H14N6O3/c1-8-5-12(20)16-13(15-8)18-17-11(7-14)9-3-2-4-10(6-9)19(21)22/h2-6,11,17,19,21H,1H3,(H2,15,16,18,20). The molecule has 1 aromatic carbocycles. The van der Waals surface area contributed by atoms with Gasteiger partial charge < -0.3 is 5.21 Å². The normalized spacial score (nSPS) is 13.2. The number of H-pyrrole nitrogens is 1. The topological polar surface area (TPSA) is 141 Å². The van der Waals surface area contributed by atoms with Gasteiger partial charge in [0.2, 0.25) is 5.95 Å². The van der Waals surface area contributed by atoms with Crippen molar-refractivity contribution in [3.05, 3.63) is 57.2 Å². The number of aromatic amines is 1. The van der Waals surface area contributed by atoms with Crippen molar-refractivity contribution in [2.24, 2.45) is 0 Å². The molecule has 2 rings (SSSR count). The van der Waals surface area contributed by atoms with Gasteiger partial charge in [-0.2, -0.15) is 10.5 Å². The minimum absolute atomic E-state index is 0.0848. The molecular weight excluding hydrogens is 288 g/mol. The molecule has 0 saturated carbocycles. The average Bonchev–Trinajstić information content (AvgIpc) is 2.47. The van der Waals surface area contributed by atoms with Gasteiger partial charge in [0.15, 0.2) is 5.69 Å². The molecule has 9 heteroatoms. The number of nitriles is 1. The van der Waals surface area contributed by atoms with Gasteiger partial charge in [0.05, 0.1) is 6.07 Å². The molecule has 0 fully saturated rings. The van der Waals surface area contributed by atoms with Crippen LogP contribution in [0.2, 0.25) is 0 Å². The van der Waals surface area contributed by atoms with Crippen molar-refractivity contribution in [3.63, 3.8) is 0 Å². The van der Waals surface area contributed by atoms with Gasteiger partial charge in [-0.15, -0.1) is 0 Å². The lowest BCUT2D eigenvalue weighted by Gasteiger charge is -2.16. The number of quaternary nitrogens is 1. The zero-order valence-electron chi connectivity index (χ0n) is 11.6. The van der Waals surface area contributed by atoms with Crippen LogP contribution in [0.25, 0.3) is 0 Å². The highest BCUT2D eigenvalue weighted by Gasteiger charge is 2.12. The first-order valence-corrected chi connectivity index (χ1v) is 6.32. The van der Waals surface area contributed by atoms with Gasteiger partial charge in [0.1, 0.15) is 6.04 Å². The third kappa shape index (κ3) is 3.87. The number of anilines is 1. The fourth-order valence-electron chi connectivity index (χ4n) is 1.82. The third-order valence-corrected chi connectivity index (χ3v) is 2.80. The minimum atomic E-state index is -1.07. The predicted molar refractivity (Wildman–Crippen MR) is 76.9 cm³/mol. The molecular formula is C13H14N6O3. The van der Waals surface area contributed by atoms with E-state index in [2.05, 4.69) is 20.8 Å². The summed E-state index contributed by atoms with van der Waals surface area (Å²) in [4.78, 5) is 17.8. The number of rotatable bonds is 5. The maximum atomic E-state index is 11.3. The van der Waals surface area contributed by atoms with Crippen molar-refractivity contribution in [1.82, 2.24) is 15.4 Å². The molecule has 1 heterocycles. The Labute approximate surface area is 125 Å². The Morgan fingerprint density at radius 2 is 2.27 bits per heavy atom.